The van der Waals surface area contributed by atoms with E-state index in [1.54, 1.807) is 14.2 Å². The standard InChI is InChI=1S/C21H40N4O3.HI/c1-20(2,3)28-19(26)25(17-8-9-17)14-13-23-18(22-4)24-16-21(12-15-27-5)10-6-7-11-21;/h17H,6-16H2,1-5H3,(H2,22,23,24);1H. The lowest BCUT2D eigenvalue weighted by Crippen LogP contribution is -2.47. The molecular formula is C21H41IN4O3. The van der Waals surface area contributed by atoms with Gasteiger partial charge in [-0.1, -0.05) is 12.8 Å². The zero-order chi connectivity index (χ0) is 20.6. The molecule has 8 heteroatoms. The molecule has 0 unspecified atom stereocenters. The third kappa shape index (κ3) is 9.27. The maximum absolute atomic E-state index is 12.4. The first kappa shape index (κ1) is 26.3. The molecule has 0 atom stereocenters. The summed E-state index contributed by atoms with van der Waals surface area (Å²) in [6, 6.07) is 0.322. The van der Waals surface area contributed by atoms with Gasteiger partial charge in [-0.05, 0) is 58.3 Å². The number of methoxy groups -OCH3 is 1. The van der Waals surface area contributed by atoms with Crippen molar-refractivity contribution in [2.45, 2.75) is 77.4 Å². The summed E-state index contributed by atoms with van der Waals surface area (Å²) in [6.45, 7) is 8.71. The van der Waals surface area contributed by atoms with E-state index in [1.807, 2.05) is 25.7 Å². The van der Waals surface area contributed by atoms with Gasteiger partial charge in [-0.15, -0.1) is 24.0 Å². The molecule has 2 rings (SSSR count). The Balaban J connectivity index is 0.00000420. The van der Waals surface area contributed by atoms with Crippen LogP contribution in [0.3, 0.4) is 0 Å². The van der Waals surface area contributed by atoms with Crippen molar-refractivity contribution >= 4 is 36.0 Å². The third-order valence-corrected chi connectivity index (χ3v) is 5.62. The van der Waals surface area contributed by atoms with E-state index in [2.05, 4.69) is 15.6 Å². The topological polar surface area (TPSA) is 75.2 Å². The van der Waals surface area contributed by atoms with Crippen molar-refractivity contribution in [1.82, 2.24) is 15.5 Å². The fourth-order valence-corrected chi connectivity index (χ4v) is 3.88. The van der Waals surface area contributed by atoms with Crippen LogP contribution in [0.1, 0.15) is 65.7 Å². The molecule has 0 aromatic carbocycles. The van der Waals surface area contributed by atoms with Crippen LogP contribution in [0.15, 0.2) is 4.99 Å². The van der Waals surface area contributed by atoms with Crippen LogP contribution in [-0.4, -0.2) is 69.0 Å². The van der Waals surface area contributed by atoms with E-state index in [-0.39, 0.29) is 30.1 Å². The number of hydrogen-bond acceptors (Lipinski definition) is 4. The van der Waals surface area contributed by atoms with E-state index in [9.17, 15) is 4.79 Å². The first-order valence-electron chi connectivity index (χ1n) is 10.7. The lowest BCUT2D eigenvalue weighted by atomic mass is 9.83. The summed E-state index contributed by atoms with van der Waals surface area (Å²) < 4.78 is 10.9. The van der Waals surface area contributed by atoms with Crippen molar-refractivity contribution < 1.29 is 14.3 Å². The minimum absolute atomic E-state index is 0. The number of nitrogens with one attached hydrogen (secondary N) is 2. The summed E-state index contributed by atoms with van der Waals surface area (Å²) in [7, 11) is 3.56. The van der Waals surface area contributed by atoms with Gasteiger partial charge < -0.3 is 25.0 Å². The predicted octanol–water partition coefficient (Wildman–Crippen LogP) is 3.77. The minimum Gasteiger partial charge on any atom is -0.444 e. The highest BCUT2D eigenvalue weighted by atomic mass is 127. The molecular weight excluding hydrogens is 483 g/mol. The molecule has 0 heterocycles. The van der Waals surface area contributed by atoms with Crippen molar-refractivity contribution in [3.05, 3.63) is 0 Å². The van der Waals surface area contributed by atoms with Crippen molar-refractivity contribution in [2.24, 2.45) is 10.4 Å². The number of rotatable bonds is 9. The largest absolute Gasteiger partial charge is 0.444 e. The quantitative estimate of drug-likeness (QED) is 0.273. The van der Waals surface area contributed by atoms with Gasteiger partial charge in [0.25, 0.3) is 0 Å². The van der Waals surface area contributed by atoms with E-state index in [4.69, 9.17) is 9.47 Å². The molecule has 1 amide bonds. The number of carbonyl (C=O) groups is 1. The Morgan fingerprint density at radius 3 is 2.38 bits per heavy atom. The monoisotopic (exact) mass is 524 g/mol. The maximum atomic E-state index is 12.4. The summed E-state index contributed by atoms with van der Waals surface area (Å²) in [5.41, 5.74) is -0.156. The summed E-state index contributed by atoms with van der Waals surface area (Å²) in [4.78, 5) is 18.6. The minimum atomic E-state index is -0.465. The maximum Gasteiger partial charge on any atom is 0.410 e. The average Bonchev–Trinajstić information content (AvgIpc) is 3.36. The first-order valence-corrected chi connectivity index (χ1v) is 10.7. The second-order valence-corrected chi connectivity index (χ2v) is 9.21. The molecule has 7 nitrogen and oxygen atoms in total. The van der Waals surface area contributed by atoms with E-state index in [1.165, 1.54) is 25.7 Å². The van der Waals surface area contributed by atoms with E-state index in [0.29, 0.717) is 24.5 Å². The van der Waals surface area contributed by atoms with E-state index < -0.39 is 5.60 Å². The molecule has 0 aromatic rings. The Morgan fingerprint density at radius 1 is 1.21 bits per heavy atom. The first-order chi connectivity index (χ1) is 13.3. The van der Waals surface area contributed by atoms with Gasteiger partial charge in [0.1, 0.15) is 5.60 Å². The summed E-state index contributed by atoms with van der Waals surface area (Å²) >= 11 is 0. The van der Waals surface area contributed by atoms with Crippen LogP contribution >= 0.6 is 24.0 Å². The zero-order valence-corrected chi connectivity index (χ0v) is 21.2. The molecule has 0 saturated heterocycles. The van der Waals surface area contributed by atoms with Gasteiger partial charge in [0, 0.05) is 46.4 Å². The molecule has 2 N–H and O–H groups in total. The summed E-state index contributed by atoms with van der Waals surface area (Å²) in [6.07, 6.45) is 8.07. The number of amides is 1. The molecule has 2 fully saturated rings. The highest BCUT2D eigenvalue weighted by molar-refractivity contribution is 14.0. The van der Waals surface area contributed by atoms with E-state index >= 15 is 0 Å². The van der Waals surface area contributed by atoms with Crippen LogP contribution in [0.5, 0.6) is 0 Å². The van der Waals surface area contributed by atoms with E-state index in [0.717, 1.165) is 38.4 Å². The smallest absolute Gasteiger partial charge is 0.410 e. The Kier molecular flexibility index (Phi) is 11.0. The number of guanidine groups is 1. The second kappa shape index (κ2) is 12.2. The molecule has 0 aliphatic heterocycles. The molecule has 2 aliphatic rings. The van der Waals surface area contributed by atoms with Crippen LogP contribution in [0.2, 0.25) is 0 Å². The highest BCUT2D eigenvalue weighted by Gasteiger charge is 2.35. The fourth-order valence-electron chi connectivity index (χ4n) is 3.88. The number of hydrogen-bond donors (Lipinski definition) is 2. The van der Waals surface area contributed by atoms with Gasteiger partial charge in [-0.2, -0.15) is 0 Å². The van der Waals surface area contributed by atoms with Crippen LogP contribution in [0.25, 0.3) is 0 Å². The lowest BCUT2D eigenvalue weighted by Gasteiger charge is -2.30. The second-order valence-electron chi connectivity index (χ2n) is 9.21. The fraction of sp³-hybridized carbons (Fsp3) is 0.905. The molecule has 2 saturated carbocycles. The van der Waals surface area contributed by atoms with Gasteiger partial charge in [-0.3, -0.25) is 4.99 Å². The molecule has 0 aromatic heterocycles. The van der Waals surface area contributed by atoms with Gasteiger partial charge in [0.2, 0.25) is 0 Å². The van der Waals surface area contributed by atoms with Crippen LogP contribution in [-0.2, 0) is 9.47 Å². The van der Waals surface area contributed by atoms with Gasteiger partial charge in [0.05, 0.1) is 0 Å². The number of aliphatic imine (C=N–C) groups is 1. The normalized spacial score (nSPS) is 18.7. The summed E-state index contributed by atoms with van der Waals surface area (Å²) in [5.74, 6) is 0.795. The molecule has 0 bridgehead atoms. The lowest BCUT2D eigenvalue weighted by molar-refractivity contribution is 0.0238. The Morgan fingerprint density at radius 2 is 1.86 bits per heavy atom. The molecule has 170 valence electrons. The molecule has 29 heavy (non-hydrogen) atoms. The van der Waals surface area contributed by atoms with Crippen molar-refractivity contribution in [2.75, 3.05) is 40.4 Å². The van der Waals surface area contributed by atoms with Gasteiger partial charge in [0.15, 0.2) is 5.96 Å². The van der Waals surface area contributed by atoms with Crippen molar-refractivity contribution in [3.8, 4) is 0 Å². The molecule has 0 radical (unpaired) electrons. The average molecular weight is 524 g/mol. The molecule has 0 spiro atoms. The van der Waals surface area contributed by atoms with Crippen LogP contribution in [0.4, 0.5) is 4.79 Å². The third-order valence-electron chi connectivity index (χ3n) is 5.62. The number of nitrogens with zero attached hydrogens (tertiary/aromatic N) is 2. The van der Waals surface area contributed by atoms with Gasteiger partial charge in [-0.25, -0.2) is 4.79 Å². The SMILES string of the molecule is CN=C(NCCN(C(=O)OC(C)(C)C)C1CC1)NCC1(CCOC)CCCC1.I. The summed E-state index contributed by atoms with van der Waals surface area (Å²) in [5, 5.41) is 6.85. The van der Waals surface area contributed by atoms with Crippen molar-refractivity contribution in [3.63, 3.8) is 0 Å². The van der Waals surface area contributed by atoms with Crippen LogP contribution in [0, 0.1) is 5.41 Å². The van der Waals surface area contributed by atoms with Crippen molar-refractivity contribution in [1.29, 1.82) is 0 Å². The predicted molar refractivity (Wildman–Crippen MR) is 128 cm³/mol. The van der Waals surface area contributed by atoms with Gasteiger partial charge >= 0.3 is 6.09 Å². The number of carbonyl (C=O) groups excluding carboxylic acids is 1. The highest BCUT2D eigenvalue weighted by Crippen LogP contribution is 2.40. The Bertz CT molecular complexity index is 527. The van der Waals surface area contributed by atoms with Crippen LogP contribution < -0.4 is 10.6 Å². The Labute approximate surface area is 193 Å². The number of ether oxygens (including phenoxy) is 2. The Hall–Kier alpha value is -0.770. The molecule has 2 aliphatic carbocycles. The zero-order valence-electron chi connectivity index (χ0n) is 18.9. The number of halogens is 1.